The fraction of sp³-hybridized carbons (Fsp3) is 0.476. The molecule has 1 atom stereocenters. The summed E-state index contributed by atoms with van der Waals surface area (Å²) in [6, 6.07) is 6.04. The number of rotatable bonds is 9. The molecule has 3 rings (SSSR count). The summed E-state index contributed by atoms with van der Waals surface area (Å²) in [6.07, 6.45) is 9.49. The quantitative estimate of drug-likeness (QED) is 0.441. The predicted molar refractivity (Wildman–Crippen MR) is 109 cm³/mol. The maximum atomic E-state index is 13.0. The van der Waals surface area contributed by atoms with E-state index in [0.29, 0.717) is 23.8 Å². The van der Waals surface area contributed by atoms with Gasteiger partial charge in [-0.25, -0.2) is 9.78 Å². The maximum absolute atomic E-state index is 13.0. The van der Waals surface area contributed by atoms with Crippen LogP contribution in [0.25, 0.3) is 0 Å². The number of hydrogen-bond acceptors (Lipinski definition) is 3. The lowest BCUT2D eigenvalue weighted by Crippen LogP contribution is -2.29. The van der Waals surface area contributed by atoms with Crippen LogP contribution in [0.5, 0.6) is 0 Å². The third-order valence-electron chi connectivity index (χ3n) is 5.21. The van der Waals surface area contributed by atoms with E-state index in [1.54, 1.807) is 12.3 Å². The number of urea groups is 1. The molecule has 29 heavy (non-hydrogen) atoms. The van der Waals surface area contributed by atoms with Crippen LogP contribution in [0.15, 0.2) is 36.7 Å². The van der Waals surface area contributed by atoms with Crippen LogP contribution in [0, 0.1) is 11.9 Å². The molecule has 8 heteroatoms. The number of unbranched alkanes of at least 4 members (excludes halogenated alkanes) is 3. The monoisotopic (exact) mass is 401 g/mol. The van der Waals surface area contributed by atoms with E-state index in [-0.39, 0.29) is 11.9 Å². The van der Waals surface area contributed by atoms with Crippen LogP contribution in [0.1, 0.15) is 49.0 Å². The molecule has 1 unspecified atom stereocenters. The number of likely N-dealkylation sites (tertiary alicyclic amines) is 1. The number of hydrogen-bond donors (Lipinski definition) is 3. The highest BCUT2D eigenvalue weighted by molar-refractivity contribution is 5.92. The number of nitrogens with zero attached hydrogens (tertiary/aromatic N) is 2. The van der Waals surface area contributed by atoms with Crippen molar-refractivity contribution < 1.29 is 14.0 Å². The Hall–Kier alpha value is -2.90. The second-order valence-corrected chi connectivity index (χ2v) is 7.44. The van der Waals surface area contributed by atoms with Crippen molar-refractivity contribution in [2.45, 2.75) is 38.5 Å². The van der Waals surface area contributed by atoms with E-state index in [2.05, 4.69) is 20.6 Å². The molecule has 3 amide bonds. The van der Waals surface area contributed by atoms with E-state index >= 15 is 0 Å². The van der Waals surface area contributed by atoms with Gasteiger partial charge < -0.3 is 20.5 Å². The molecule has 2 aromatic rings. The third-order valence-corrected chi connectivity index (χ3v) is 5.21. The zero-order chi connectivity index (χ0) is 20.5. The highest BCUT2D eigenvalue weighted by Gasteiger charge is 2.26. The van der Waals surface area contributed by atoms with E-state index in [0.717, 1.165) is 51.6 Å². The molecule has 0 spiro atoms. The van der Waals surface area contributed by atoms with Crippen LogP contribution >= 0.6 is 0 Å². The molecule has 0 saturated carbocycles. The molecule has 2 aromatic heterocycles. The van der Waals surface area contributed by atoms with Gasteiger partial charge in [0, 0.05) is 43.8 Å². The zero-order valence-electron chi connectivity index (χ0n) is 16.5. The molecular formula is C21H28FN5O2. The lowest BCUT2D eigenvalue weighted by atomic mass is 10.00. The maximum Gasteiger partial charge on any atom is 0.319 e. The topological polar surface area (TPSA) is 90.1 Å². The molecule has 1 saturated heterocycles. The average Bonchev–Trinajstić information content (AvgIpc) is 3.39. The van der Waals surface area contributed by atoms with Crippen molar-refractivity contribution in [3.63, 3.8) is 0 Å². The lowest BCUT2D eigenvalue weighted by molar-refractivity contribution is 0.0781. The van der Waals surface area contributed by atoms with Gasteiger partial charge in [-0.1, -0.05) is 19.3 Å². The minimum Gasteiger partial charge on any atom is -0.357 e. The first kappa shape index (κ1) is 20.8. The van der Waals surface area contributed by atoms with Crippen LogP contribution in [-0.2, 0) is 0 Å². The SMILES string of the molecule is O=C(NCCCCCCC1CCN(C(=O)c2ccc[nH]2)C1)Nc1ccnc(F)c1. The van der Waals surface area contributed by atoms with Gasteiger partial charge in [-0.05, 0) is 43.4 Å². The number of aromatic nitrogens is 2. The van der Waals surface area contributed by atoms with Crippen molar-refractivity contribution in [3.05, 3.63) is 48.3 Å². The van der Waals surface area contributed by atoms with Crippen LogP contribution in [0.3, 0.4) is 0 Å². The second kappa shape index (κ2) is 10.6. The van der Waals surface area contributed by atoms with Crippen molar-refractivity contribution in [3.8, 4) is 0 Å². The first-order valence-electron chi connectivity index (χ1n) is 10.2. The Morgan fingerprint density at radius 2 is 2.10 bits per heavy atom. The van der Waals surface area contributed by atoms with Crippen molar-refractivity contribution >= 4 is 17.6 Å². The number of anilines is 1. The zero-order valence-corrected chi connectivity index (χ0v) is 16.5. The van der Waals surface area contributed by atoms with Gasteiger partial charge in [0.05, 0.1) is 0 Å². The fourth-order valence-corrected chi connectivity index (χ4v) is 3.66. The fourth-order valence-electron chi connectivity index (χ4n) is 3.66. The molecule has 7 nitrogen and oxygen atoms in total. The van der Waals surface area contributed by atoms with Crippen molar-refractivity contribution in [1.82, 2.24) is 20.2 Å². The normalized spacial score (nSPS) is 16.0. The molecule has 3 heterocycles. The summed E-state index contributed by atoms with van der Waals surface area (Å²) < 4.78 is 13.0. The van der Waals surface area contributed by atoms with E-state index in [9.17, 15) is 14.0 Å². The first-order chi connectivity index (χ1) is 14.1. The average molecular weight is 401 g/mol. The largest absolute Gasteiger partial charge is 0.357 e. The van der Waals surface area contributed by atoms with Crippen molar-refractivity contribution in [2.24, 2.45) is 5.92 Å². The summed E-state index contributed by atoms with van der Waals surface area (Å²) in [7, 11) is 0. The molecule has 0 bridgehead atoms. The number of amides is 3. The Labute approximate surface area is 170 Å². The first-order valence-corrected chi connectivity index (χ1v) is 10.2. The van der Waals surface area contributed by atoms with Gasteiger partial charge in [0.15, 0.2) is 0 Å². The molecule has 1 aliphatic rings. The molecule has 156 valence electrons. The summed E-state index contributed by atoms with van der Waals surface area (Å²) in [5.74, 6) is 0.0526. The lowest BCUT2D eigenvalue weighted by Gasteiger charge is -2.15. The molecule has 3 N–H and O–H groups in total. The minimum absolute atomic E-state index is 0.0938. The van der Waals surface area contributed by atoms with Gasteiger partial charge in [-0.15, -0.1) is 0 Å². The summed E-state index contributed by atoms with van der Waals surface area (Å²) in [6.45, 7) is 2.26. The van der Waals surface area contributed by atoms with E-state index in [1.807, 2.05) is 17.0 Å². The number of nitrogens with one attached hydrogen (secondary N) is 3. The summed E-state index contributed by atoms with van der Waals surface area (Å²) in [4.78, 5) is 32.4. The van der Waals surface area contributed by atoms with Crippen LogP contribution in [0.4, 0.5) is 14.9 Å². The molecule has 0 aromatic carbocycles. The number of halogens is 1. The highest BCUT2D eigenvalue weighted by atomic mass is 19.1. The van der Waals surface area contributed by atoms with Crippen LogP contribution in [0.2, 0.25) is 0 Å². The molecule has 0 radical (unpaired) electrons. The Morgan fingerprint density at radius 1 is 1.24 bits per heavy atom. The number of pyridine rings is 1. The van der Waals surface area contributed by atoms with Gasteiger partial charge in [0.2, 0.25) is 5.95 Å². The Bertz CT molecular complexity index is 796. The van der Waals surface area contributed by atoms with Gasteiger partial charge in [-0.3, -0.25) is 4.79 Å². The van der Waals surface area contributed by atoms with Crippen LogP contribution < -0.4 is 10.6 Å². The van der Waals surface area contributed by atoms with Crippen molar-refractivity contribution in [2.75, 3.05) is 25.0 Å². The summed E-state index contributed by atoms with van der Waals surface area (Å²) in [5, 5.41) is 5.35. The third kappa shape index (κ3) is 6.58. The Kier molecular flexibility index (Phi) is 7.61. The number of carbonyl (C=O) groups is 2. The van der Waals surface area contributed by atoms with Gasteiger partial charge in [0.25, 0.3) is 5.91 Å². The second-order valence-electron chi connectivity index (χ2n) is 7.44. The smallest absolute Gasteiger partial charge is 0.319 e. The minimum atomic E-state index is -0.623. The van der Waals surface area contributed by atoms with Gasteiger partial charge in [-0.2, -0.15) is 4.39 Å². The molecule has 1 fully saturated rings. The van der Waals surface area contributed by atoms with E-state index in [4.69, 9.17) is 0 Å². The molecule has 0 aliphatic carbocycles. The Morgan fingerprint density at radius 3 is 2.90 bits per heavy atom. The number of H-pyrrole nitrogens is 1. The van der Waals surface area contributed by atoms with Crippen molar-refractivity contribution in [1.29, 1.82) is 0 Å². The number of aromatic amines is 1. The molecular weight excluding hydrogens is 373 g/mol. The van der Waals surface area contributed by atoms with Crippen LogP contribution in [-0.4, -0.2) is 46.4 Å². The summed E-state index contributed by atoms with van der Waals surface area (Å²) >= 11 is 0. The summed E-state index contributed by atoms with van der Waals surface area (Å²) in [5.41, 5.74) is 1.05. The van der Waals surface area contributed by atoms with E-state index < -0.39 is 5.95 Å². The van der Waals surface area contributed by atoms with Gasteiger partial charge >= 0.3 is 6.03 Å². The van der Waals surface area contributed by atoms with E-state index in [1.165, 1.54) is 12.3 Å². The Balaban J connectivity index is 1.21. The highest BCUT2D eigenvalue weighted by Crippen LogP contribution is 2.23. The predicted octanol–water partition coefficient (Wildman–Crippen LogP) is 3.78. The van der Waals surface area contributed by atoms with Gasteiger partial charge in [0.1, 0.15) is 5.69 Å². The standard InChI is InChI=1S/C21H28FN5O2/c22-19-14-17(8-12-24-19)26-21(29)25-10-4-2-1-3-6-16-9-13-27(15-16)20(28)18-7-5-11-23-18/h5,7-8,11-12,14,16,23H,1-4,6,9-10,13,15H2,(H2,24,25,26,29). The number of carbonyl (C=O) groups excluding carboxylic acids is 2. The molecule has 1 aliphatic heterocycles.